The first-order chi connectivity index (χ1) is 12.5. The number of carbonyl (C=O) groups is 2. The van der Waals surface area contributed by atoms with E-state index in [0.717, 1.165) is 18.4 Å². The van der Waals surface area contributed by atoms with E-state index in [0.29, 0.717) is 12.1 Å². The number of nitrogens with zero attached hydrogens (tertiary/aromatic N) is 1. The van der Waals surface area contributed by atoms with Gasteiger partial charge in [0.15, 0.2) is 0 Å². The third-order valence-corrected chi connectivity index (χ3v) is 4.22. The van der Waals surface area contributed by atoms with Crippen LogP contribution >= 0.6 is 0 Å². The van der Waals surface area contributed by atoms with Crippen LogP contribution in [0.25, 0.3) is 0 Å². The van der Waals surface area contributed by atoms with Crippen molar-refractivity contribution >= 4 is 12.0 Å². The Bertz CT molecular complexity index is 714. The van der Waals surface area contributed by atoms with Gasteiger partial charge in [0.2, 0.25) is 0 Å². The summed E-state index contributed by atoms with van der Waals surface area (Å²) in [5.74, 6) is -0.366. The summed E-state index contributed by atoms with van der Waals surface area (Å²) in [5.41, 5.74) is 2.72. The second kappa shape index (κ2) is 9.61. The Morgan fingerprint density at radius 3 is 2.31 bits per heavy atom. The van der Waals surface area contributed by atoms with Crippen LogP contribution in [0.3, 0.4) is 0 Å². The molecule has 2 amide bonds. The molecule has 26 heavy (non-hydrogen) atoms. The molecule has 2 aromatic rings. The van der Waals surface area contributed by atoms with Gasteiger partial charge in [0.1, 0.15) is 0 Å². The number of benzene rings is 2. The summed E-state index contributed by atoms with van der Waals surface area (Å²) in [7, 11) is 3.11. The molecule has 0 spiro atoms. The Morgan fingerprint density at radius 1 is 1.04 bits per heavy atom. The molecule has 0 saturated carbocycles. The third kappa shape index (κ3) is 5.92. The molecule has 0 fully saturated rings. The van der Waals surface area contributed by atoms with Crippen molar-refractivity contribution in [1.82, 2.24) is 10.2 Å². The van der Waals surface area contributed by atoms with Crippen molar-refractivity contribution in [3.8, 4) is 0 Å². The SMILES string of the molecule is COC(=O)c1ccc(CN(C)C(=O)NC(C)CCc2ccccc2)cc1. The van der Waals surface area contributed by atoms with Crippen molar-refractivity contribution in [2.75, 3.05) is 14.2 Å². The van der Waals surface area contributed by atoms with E-state index < -0.39 is 0 Å². The van der Waals surface area contributed by atoms with Crippen molar-refractivity contribution in [3.05, 3.63) is 71.3 Å². The second-order valence-electron chi connectivity index (χ2n) is 6.42. The maximum atomic E-state index is 12.3. The normalized spacial score (nSPS) is 11.5. The third-order valence-electron chi connectivity index (χ3n) is 4.22. The number of methoxy groups -OCH3 is 1. The number of aryl methyl sites for hydroxylation is 1. The van der Waals surface area contributed by atoms with E-state index in [1.54, 1.807) is 24.1 Å². The highest BCUT2D eigenvalue weighted by molar-refractivity contribution is 5.89. The monoisotopic (exact) mass is 354 g/mol. The molecule has 1 atom stereocenters. The molecule has 0 aromatic heterocycles. The second-order valence-corrected chi connectivity index (χ2v) is 6.42. The topological polar surface area (TPSA) is 58.6 Å². The summed E-state index contributed by atoms with van der Waals surface area (Å²) in [5, 5.41) is 3.02. The zero-order valence-electron chi connectivity index (χ0n) is 15.6. The molecule has 0 radical (unpaired) electrons. The number of hydrogen-bond donors (Lipinski definition) is 1. The fourth-order valence-corrected chi connectivity index (χ4v) is 2.63. The molecule has 138 valence electrons. The summed E-state index contributed by atoms with van der Waals surface area (Å²) in [4.78, 5) is 25.4. The minimum Gasteiger partial charge on any atom is -0.465 e. The lowest BCUT2D eigenvalue weighted by Gasteiger charge is -2.21. The number of esters is 1. The Kier molecular flexibility index (Phi) is 7.21. The summed E-state index contributed by atoms with van der Waals surface area (Å²) >= 11 is 0. The van der Waals surface area contributed by atoms with Crippen LogP contribution in [0.1, 0.15) is 34.8 Å². The van der Waals surface area contributed by atoms with Gasteiger partial charge in [-0.1, -0.05) is 42.5 Å². The van der Waals surface area contributed by atoms with Gasteiger partial charge in [0, 0.05) is 19.6 Å². The van der Waals surface area contributed by atoms with Crippen LogP contribution in [0.2, 0.25) is 0 Å². The summed E-state index contributed by atoms with van der Waals surface area (Å²) in [6, 6.07) is 17.3. The highest BCUT2D eigenvalue weighted by Crippen LogP contribution is 2.09. The zero-order chi connectivity index (χ0) is 18.9. The van der Waals surface area contributed by atoms with Crippen LogP contribution in [-0.4, -0.2) is 37.1 Å². The zero-order valence-corrected chi connectivity index (χ0v) is 15.6. The predicted molar refractivity (Wildman–Crippen MR) is 102 cm³/mol. The molecule has 1 unspecified atom stereocenters. The van der Waals surface area contributed by atoms with Crippen molar-refractivity contribution in [3.63, 3.8) is 0 Å². The largest absolute Gasteiger partial charge is 0.465 e. The molecular weight excluding hydrogens is 328 g/mol. The Hall–Kier alpha value is -2.82. The van der Waals surface area contributed by atoms with E-state index in [1.807, 2.05) is 37.3 Å². The number of hydrogen-bond acceptors (Lipinski definition) is 3. The Morgan fingerprint density at radius 2 is 1.69 bits per heavy atom. The summed E-state index contributed by atoms with van der Waals surface area (Å²) in [6.45, 7) is 2.48. The first-order valence-electron chi connectivity index (χ1n) is 8.72. The molecule has 0 saturated heterocycles. The molecule has 2 rings (SSSR count). The lowest BCUT2D eigenvalue weighted by atomic mass is 10.1. The van der Waals surface area contributed by atoms with E-state index >= 15 is 0 Å². The van der Waals surface area contributed by atoms with E-state index in [-0.39, 0.29) is 18.0 Å². The highest BCUT2D eigenvalue weighted by Gasteiger charge is 2.13. The number of nitrogens with one attached hydrogen (secondary N) is 1. The molecule has 0 aliphatic heterocycles. The van der Waals surface area contributed by atoms with Crippen molar-refractivity contribution in [2.45, 2.75) is 32.4 Å². The van der Waals surface area contributed by atoms with Gasteiger partial charge in [0.25, 0.3) is 0 Å². The van der Waals surface area contributed by atoms with Crippen LogP contribution in [0.5, 0.6) is 0 Å². The summed E-state index contributed by atoms with van der Waals surface area (Å²) < 4.78 is 4.68. The first kappa shape index (κ1) is 19.5. The average molecular weight is 354 g/mol. The predicted octanol–water partition coefficient (Wildman–Crippen LogP) is 3.64. The maximum Gasteiger partial charge on any atom is 0.337 e. The van der Waals surface area contributed by atoms with Gasteiger partial charge in [-0.3, -0.25) is 0 Å². The van der Waals surface area contributed by atoms with Gasteiger partial charge < -0.3 is 15.0 Å². The Balaban J connectivity index is 1.80. The van der Waals surface area contributed by atoms with Crippen LogP contribution in [0.15, 0.2) is 54.6 Å². The van der Waals surface area contributed by atoms with Crippen LogP contribution in [-0.2, 0) is 17.7 Å². The number of urea groups is 1. The number of rotatable bonds is 7. The molecule has 0 aliphatic rings. The van der Waals surface area contributed by atoms with Crippen molar-refractivity contribution in [2.24, 2.45) is 0 Å². The van der Waals surface area contributed by atoms with Gasteiger partial charge in [-0.15, -0.1) is 0 Å². The summed E-state index contributed by atoms with van der Waals surface area (Å²) in [6.07, 6.45) is 1.82. The van der Waals surface area contributed by atoms with Crippen LogP contribution in [0.4, 0.5) is 4.79 Å². The molecule has 5 heteroatoms. The lowest BCUT2D eigenvalue weighted by molar-refractivity contribution is 0.0600. The van der Waals surface area contributed by atoms with Crippen molar-refractivity contribution in [1.29, 1.82) is 0 Å². The van der Waals surface area contributed by atoms with Gasteiger partial charge in [-0.2, -0.15) is 0 Å². The van der Waals surface area contributed by atoms with Gasteiger partial charge in [-0.25, -0.2) is 9.59 Å². The molecule has 2 aromatic carbocycles. The van der Waals surface area contributed by atoms with Crippen LogP contribution in [0, 0.1) is 0 Å². The molecule has 0 heterocycles. The van der Waals surface area contributed by atoms with Gasteiger partial charge >= 0.3 is 12.0 Å². The molecule has 0 aliphatic carbocycles. The molecule has 1 N–H and O–H groups in total. The van der Waals surface area contributed by atoms with E-state index in [2.05, 4.69) is 22.2 Å². The lowest BCUT2D eigenvalue weighted by Crippen LogP contribution is -2.41. The van der Waals surface area contributed by atoms with Crippen molar-refractivity contribution < 1.29 is 14.3 Å². The van der Waals surface area contributed by atoms with Gasteiger partial charge in [0.05, 0.1) is 12.7 Å². The Labute approximate surface area is 155 Å². The van der Waals surface area contributed by atoms with E-state index in [4.69, 9.17) is 0 Å². The fourth-order valence-electron chi connectivity index (χ4n) is 2.63. The molecule has 0 bridgehead atoms. The maximum absolute atomic E-state index is 12.3. The number of amides is 2. The number of carbonyl (C=O) groups excluding carboxylic acids is 2. The van der Waals surface area contributed by atoms with Crippen LogP contribution < -0.4 is 5.32 Å². The molecular formula is C21H26N2O3. The van der Waals surface area contributed by atoms with E-state index in [1.165, 1.54) is 12.7 Å². The highest BCUT2D eigenvalue weighted by atomic mass is 16.5. The fraction of sp³-hybridized carbons (Fsp3) is 0.333. The van der Waals surface area contributed by atoms with Gasteiger partial charge in [-0.05, 0) is 43.0 Å². The number of ether oxygens (including phenoxy) is 1. The molecule has 5 nitrogen and oxygen atoms in total. The quantitative estimate of drug-likeness (QED) is 0.773. The van der Waals surface area contributed by atoms with E-state index in [9.17, 15) is 9.59 Å². The minimum absolute atomic E-state index is 0.0897. The average Bonchev–Trinajstić information content (AvgIpc) is 2.67. The first-order valence-corrected chi connectivity index (χ1v) is 8.72. The minimum atomic E-state index is -0.366. The smallest absolute Gasteiger partial charge is 0.337 e. The standard InChI is InChI=1S/C21H26N2O3/c1-16(9-10-17-7-5-4-6-8-17)22-21(25)23(2)15-18-11-13-19(14-12-18)20(24)26-3/h4-8,11-14,16H,9-10,15H2,1-3H3,(H,22,25).